The lowest BCUT2D eigenvalue weighted by Gasteiger charge is -2.22. The number of hydrogen-bond acceptors (Lipinski definition) is 3. The molecular weight excluding hydrogens is 250 g/mol. The van der Waals surface area contributed by atoms with Crippen LogP contribution >= 0.6 is 0 Å². The first kappa shape index (κ1) is 14.6. The van der Waals surface area contributed by atoms with Crippen molar-refractivity contribution in [3.05, 3.63) is 40.2 Å². The molecule has 0 saturated carbocycles. The van der Waals surface area contributed by atoms with Crippen molar-refractivity contribution in [1.82, 2.24) is 15.4 Å². The highest BCUT2D eigenvalue weighted by Gasteiger charge is 2.19. The van der Waals surface area contributed by atoms with Crippen LogP contribution in [0.4, 0.5) is 0 Å². The smallest absolute Gasteiger partial charge is 0.122 e. The molecule has 20 heavy (non-hydrogen) atoms. The van der Waals surface area contributed by atoms with Gasteiger partial charge in [0.05, 0.1) is 19.0 Å². The van der Waals surface area contributed by atoms with Crippen LogP contribution in [0.2, 0.25) is 0 Å². The zero-order chi connectivity index (χ0) is 14.7. The van der Waals surface area contributed by atoms with Crippen molar-refractivity contribution in [3.8, 4) is 5.75 Å². The highest BCUT2D eigenvalue weighted by molar-refractivity contribution is 5.49. The van der Waals surface area contributed by atoms with E-state index in [1.165, 1.54) is 22.3 Å². The van der Waals surface area contributed by atoms with Crippen LogP contribution in [0.1, 0.15) is 47.2 Å². The van der Waals surface area contributed by atoms with Gasteiger partial charge in [-0.05, 0) is 67.9 Å². The van der Waals surface area contributed by atoms with Crippen LogP contribution in [0.25, 0.3) is 0 Å². The number of benzene rings is 1. The molecule has 4 nitrogen and oxygen atoms in total. The summed E-state index contributed by atoms with van der Waals surface area (Å²) in [6, 6.07) is 2.14. The van der Waals surface area contributed by atoms with Gasteiger partial charge in [-0.1, -0.05) is 6.92 Å². The Kier molecular flexibility index (Phi) is 4.42. The number of rotatable bonds is 5. The third kappa shape index (κ3) is 2.69. The summed E-state index contributed by atoms with van der Waals surface area (Å²) in [5.74, 6) is 1.43. The maximum absolute atomic E-state index is 5.45. The lowest BCUT2D eigenvalue weighted by atomic mass is 9.84. The number of nitrogens with zero attached hydrogens (tertiary/aromatic N) is 2. The molecule has 2 rings (SSSR count). The van der Waals surface area contributed by atoms with E-state index >= 15 is 0 Å². The second kappa shape index (κ2) is 6.07. The topological polar surface area (TPSA) is 50.8 Å². The highest BCUT2D eigenvalue weighted by Crippen LogP contribution is 2.35. The van der Waals surface area contributed by atoms with Gasteiger partial charge in [0.2, 0.25) is 0 Å². The summed E-state index contributed by atoms with van der Waals surface area (Å²) in [5.41, 5.74) is 6.29. The normalized spacial score (nSPS) is 12.4. The summed E-state index contributed by atoms with van der Waals surface area (Å²) in [5, 5.41) is 10.8. The molecule has 0 aliphatic rings. The van der Waals surface area contributed by atoms with Crippen LogP contribution in [-0.4, -0.2) is 22.5 Å². The number of hydrogen-bond donors (Lipinski definition) is 1. The minimum absolute atomic E-state index is 0.463. The summed E-state index contributed by atoms with van der Waals surface area (Å²) >= 11 is 0. The van der Waals surface area contributed by atoms with E-state index in [4.69, 9.17) is 4.74 Å². The van der Waals surface area contributed by atoms with Gasteiger partial charge in [-0.2, -0.15) is 15.4 Å². The van der Waals surface area contributed by atoms with E-state index < -0.39 is 0 Å². The molecule has 0 radical (unpaired) electrons. The standard InChI is InChI=1S/C16H23N3O/c1-6-13(8-14-9-17-19-18-14)16-10(2)7-15(20-5)11(3)12(16)4/h7,9,13H,6,8H2,1-5H3,(H,17,18,19). The molecule has 0 fully saturated rings. The van der Waals surface area contributed by atoms with Crippen molar-refractivity contribution >= 4 is 0 Å². The Bertz CT molecular complexity index is 576. The minimum atomic E-state index is 0.463. The molecule has 2 aromatic rings. The SMILES string of the molecule is CCC(Cc1cn[nH]n1)c1c(C)cc(OC)c(C)c1C. The molecule has 1 unspecified atom stereocenters. The molecule has 4 heteroatoms. The molecule has 0 bridgehead atoms. The average Bonchev–Trinajstić information content (AvgIpc) is 2.94. The first-order valence-corrected chi connectivity index (χ1v) is 7.07. The van der Waals surface area contributed by atoms with Gasteiger partial charge in [0.25, 0.3) is 0 Å². The Hall–Kier alpha value is -1.84. The third-order valence-corrected chi connectivity index (χ3v) is 4.15. The van der Waals surface area contributed by atoms with Gasteiger partial charge in [-0.25, -0.2) is 0 Å². The second-order valence-corrected chi connectivity index (χ2v) is 5.33. The fraction of sp³-hybridized carbons (Fsp3) is 0.500. The van der Waals surface area contributed by atoms with Gasteiger partial charge in [0.1, 0.15) is 5.75 Å². The number of nitrogens with one attached hydrogen (secondary N) is 1. The molecule has 0 saturated heterocycles. The maximum atomic E-state index is 5.45. The Labute approximate surface area is 120 Å². The van der Waals surface area contributed by atoms with Crippen LogP contribution < -0.4 is 4.74 Å². The largest absolute Gasteiger partial charge is 0.496 e. The van der Waals surface area contributed by atoms with Gasteiger partial charge in [0.15, 0.2) is 0 Å². The number of H-pyrrole nitrogens is 1. The van der Waals surface area contributed by atoms with Crippen LogP contribution in [-0.2, 0) is 6.42 Å². The second-order valence-electron chi connectivity index (χ2n) is 5.33. The number of ether oxygens (including phenoxy) is 1. The van der Waals surface area contributed by atoms with Crippen molar-refractivity contribution in [2.75, 3.05) is 7.11 Å². The van der Waals surface area contributed by atoms with Crippen LogP contribution in [0.3, 0.4) is 0 Å². The number of aromatic amines is 1. The highest BCUT2D eigenvalue weighted by atomic mass is 16.5. The summed E-state index contributed by atoms with van der Waals surface area (Å²) in [4.78, 5) is 0. The molecule has 0 amide bonds. The molecule has 1 aromatic carbocycles. The molecule has 0 aliphatic carbocycles. The predicted octanol–water partition coefficient (Wildman–Crippen LogP) is 3.47. The van der Waals surface area contributed by atoms with Crippen LogP contribution in [0.5, 0.6) is 5.75 Å². The van der Waals surface area contributed by atoms with Gasteiger partial charge in [-0.15, -0.1) is 0 Å². The van der Waals surface area contributed by atoms with E-state index in [0.717, 1.165) is 24.3 Å². The Morgan fingerprint density at radius 2 is 2.00 bits per heavy atom. The minimum Gasteiger partial charge on any atom is -0.496 e. The number of methoxy groups -OCH3 is 1. The van der Waals surface area contributed by atoms with Gasteiger partial charge in [-0.3, -0.25) is 0 Å². The molecule has 1 heterocycles. The lowest BCUT2D eigenvalue weighted by Crippen LogP contribution is -2.08. The van der Waals surface area contributed by atoms with E-state index in [-0.39, 0.29) is 0 Å². The van der Waals surface area contributed by atoms with Crippen LogP contribution in [0.15, 0.2) is 12.3 Å². The monoisotopic (exact) mass is 273 g/mol. The molecule has 108 valence electrons. The van der Waals surface area contributed by atoms with Gasteiger partial charge in [0, 0.05) is 0 Å². The Morgan fingerprint density at radius 1 is 1.25 bits per heavy atom. The first-order chi connectivity index (χ1) is 9.58. The molecule has 1 aromatic heterocycles. The van der Waals surface area contributed by atoms with Crippen molar-refractivity contribution in [1.29, 1.82) is 0 Å². The average molecular weight is 273 g/mol. The van der Waals surface area contributed by atoms with E-state index in [1.807, 2.05) is 6.20 Å². The molecule has 0 spiro atoms. The molecular formula is C16H23N3O. The summed E-state index contributed by atoms with van der Waals surface area (Å²) in [6.07, 6.45) is 3.81. The van der Waals surface area contributed by atoms with Crippen molar-refractivity contribution in [3.63, 3.8) is 0 Å². The fourth-order valence-electron chi connectivity index (χ4n) is 2.93. The molecule has 1 atom stereocenters. The predicted molar refractivity (Wildman–Crippen MR) is 80.3 cm³/mol. The van der Waals surface area contributed by atoms with E-state index in [2.05, 4.69) is 49.2 Å². The Morgan fingerprint density at radius 3 is 2.55 bits per heavy atom. The third-order valence-electron chi connectivity index (χ3n) is 4.15. The van der Waals surface area contributed by atoms with Crippen molar-refractivity contribution in [2.45, 2.75) is 46.5 Å². The zero-order valence-electron chi connectivity index (χ0n) is 12.9. The van der Waals surface area contributed by atoms with Gasteiger partial charge >= 0.3 is 0 Å². The number of aromatic nitrogens is 3. The quantitative estimate of drug-likeness (QED) is 0.907. The van der Waals surface area contributed by atoms with E-state index in [0.29, 0.717) is 5.92 Å². The van der Waals surface area contributed by atoms with Crippen LogP contribution in [0, 0.1) is 20.8 Å². The van der Waals surface area contributed by atoms with E-state index in [9.17, 15) is 0 Å². The van der Waals surface area contributed by atoms with Crippen molar-refractivity contribution in [2.24, 2.45) is 0 Å². The zero-order valence-corrected chi connectivity index (χ0v) is 12.9. The first-order valence-electron chi connectivity index (χ1n) is 7.07. The van der Waals surface area contributed by atoms with Crippen molar-refractivity contribution < 1.29 is 4.74 Å². The van der Waals surface area contributed by atoms with Gasteiger partial charge < -0.3 is 4.74 Å². The fourth-order valence-corrected chi connectivity index (χ4v) is 2.93. The Balaban J connectivity index is 2.41. The molecule has 0 aliphatic heterocycles. The molecule has 1 N–H and O–H groups in total. The number of aryl methyl sites for hydroxylation is 1. The summed E-state index contributed by atoms with van der Waals surface area (Å²) < 4.78 is 5.45. The lowest BCUT2D eigenvalue weighted by molar-refractivity contribution is 0.410. The maximum Gasteiger partial charge on any atom is 0.122 e. The summed E-state index contributed by atoms with van der Waals surface area (Å²) in [6.45, 7) is 8.70. The summed E-state index contributed by atoms with van der Waals surface area (Å²) in [7, 11) is 1.73. The van der Waals surface area contributed by atoms with E-state index in [1.54, 1.807) is 7.11 Å².